The molecule has 0 saturated heterocycles. The van der Waals surface area contributed by atoms with Crippen molar-refractivity contribution in [2.75, 3.05) is 20.1 Å². The predicted octanol–water partition coefficient (Wildman–Crippen LogP) is -0.387. The van der Waals surface area contributed by atoms with Crippen molar-refractivity contribution in [3.05, 3.63) is 0 Å². The number of hydrogen-bond donors (Lipinski definition) is 2. The lowest BCUT2D eigenvalue weighted by Crippen LogP contribution is -2.41. The maximum absolute atomic E-state index is 5.60. The van der Waals surface area contributed by atoms with Crippen LogP contribution in [0.3, 0.4) is 0 Å². The molecule has 0 spiro atoms. The molecule has 0 heterocycles. The van der Waals surface area contributed by atoms with E-state index in [1.165, 1.54) is 0 Å². The van der Waals surface area contributed by atoms with E-state index in [1.54, 1.807) is 0 Å². The summed E-state index contributed by atoms with van der Waals surface area (Å²) in [6.45, 7) is 5.71. The van der Waals surface area contributed by atoms with Crippen molar-refractivity contribution in [3.63, 3.8) is 0 Å². The van der Waals surface area contributed by atoms with E-state index < -0.39 is 0 Å². The molecule has 4 N–H and O–H groups in total. The highest BCUT2D eigenvalue weighted by atomic mass is 15.1. The number of nitrogens with zero attached hydrogens (tertiary/aromatic N) is 1. The van der Waals surface area contributed by atoms with Crippen LogP contribution in [-0.2, 0) is 0 Å². The van der Waals surface area contributed by atoms with Crippen molar-refractivity contribution in [1.82, 2.24) is 4.90 Å². The van der Waals surface area contributed by atoms with Crippen molar-refractivity contribution in [2.45, 2.75) is 25.9 Å². The lowest BCUT2D eigenvalue weighted by atomic mass is 10.2. The van der Waals surface area contributed by atoms with Crippen molar-refractivity contribution in [3.8, 4) is 0 Å². The Hall–Kier alpha value is -0.120. The molecule has 0 aromatic heterocycles. The summed E-state index contributed by atoms with van der Waals surface area (Å²) in [5.74, 6) is 0. The van der Waals surface area contributed by atoms with Gasteiger partial charge in [-0.05, 0) is 20.9 Å². The van der Waals surface area contributed by atoms with Crippen LogP contribution in [0.4, 0.5) is 0 Å². The first-order valence-corrected chi connectivity index (χ1v) is 3.73. The molecular weight excluding hydrogens is 126 g/mol. The lowest BCUT2D eigenvalue weighted by Gasteiger charge is -2.24. The van der Waals surface area contributed by atoms with E-state index >= 15 is 0 Å². The maximum Gasteiger partial charge on any atom is 0.0187 e. The quantitative estimate of drug-likeness (QED) is 0.566. The van der Waals surface area contributed by atoms with Gasteiger partial charge in [0.25, 0.3) is 0 Å². The Bertz CT molecular complexity index is 82.9. The molecule has 0 aliphatic heterocycles. The molecule has 62 valence electrons. The van der Waals surface area contributed by atoms with E-state index in [-0.39, 0.29) is 6.04 Å². The molecule has 0 radical (unpaired) electrons. The molecule has 0 bridgehead atoms. The average molecular weight is 145 g/mol. The minimum atomic E-state index is 0.235. The number of rotatable bonds is 4. The molecule has 0 rings (SSSR count). The van der Waals surface area contributed by atoms with Gasteiger partial charge in [-0.2, -0.15) is 0 Å². The second-order valence-corrected chi connectivity index (χ2v) is 3.00. The molecule has 3 nitrogen and oxygen atoms in total. The Morgan fingerprint density at radius 3 is 2.20 bits per heavy atom. The van der Waals surface area contributed by atoms with E-state index in [0.29, 0.717) is 12.6 Å². The van der Waals surface area contributed by atoms with Crippen LogP contribution in [0.5, 0.6) is 0 Å². The van der Waals surface area contributed by atoms with Crippen LogP contribution in [0, 0.1) is 0 Å². The second-order valence-electron chi connectivity index (χ2n) is 3.00. The topological polar surface area (TPSA) is 55.3 Å². The van der Waals surface area contributed by atoms with E-state index in [4.69, 9.17) is 11.5 Å². The summed E-state index contributed by atoms with van der Waals surface area (Å²) < 4.78 is 0. The third-order valence-corrected chi connectivity index (χ3v) is 1.67. The normalized spacial score (nSPS) is 17.4. The molecular formula is C7H19N3. The number of nitrogens with two attached hydrogens (primary N) is 2. The Balaban J connectivity index is 3.50. The largest absolute Gasteiger partial charge is 0.329 e. The van der Waals surface area contributed by atoms with Crippen LogP contribution < -0.4 is 11.5 Å². The molecule has 10 heavy (non-hydrogen) atoms. The average Bonchev–Trinajstić information content (AvgIpc) is 1.85. The third-order valence-electron chi connectivity index (χ3n) is 1.67. The van der Waals surface area contributed by atoms with Crippen molar-refractivity contribution < 1.29 is 0 Å². The van der Waals surface area contributed by atoms with Gasteiger partial charge in [-0.1, -0.05) is 0 Å². The van der Waals surface area contributed by atoms with Gasteiger partial charge in [-0.25, -0.2) is 0 Å². The van der Waals surface area contributed by atoms with Gasteiger partial charge < -0.3 is 16.4 Å². The Labute approximate surface area is 63.4 Å². The summed E-state index contributed by atoms with van der Waals surface area (Å²) >= 11 is 0. The van der Waals surface area contributed by atoms with Gasteiger partial charge >= 0.3 is 0 Å². The van der Waals surface area contributed by atoms with Crippen molar-refractivity contribution in [1.29, 1.82) is 0 Å². The number of hydrogen-bond acceptors (Lipinski definition) is 3. The highest BCUT2D eigenvalue weighted by Crippen LogP contribution is 1.92. The van der Waals surface area contributed by atoms with Crippen molar-refractivity contribution >= 4 is 0 Å². The summed E-state index contributed by atoms with van der Waals surface area (Å²) in [5, 5.41) is 0. The Morgan fingerprint density at radius 1 is 1.40 bits per heavy atom. The monoisotopic (exact) mass is 145 g/mol. The van der Waals surface area contributed by atoms with Gasteiger partial charge in [0, 0.05) is 25.2 Å². The minimum absolute atomic E-state index is 0.235. The highest BCUT2D eigenvalue weighted by molar-refractivity contribution is 4.67. The van der Waals surface area contributed by atoms with Gasteiger partial charge in [0.15, 0.2) is 0 Å². The van der Waals surface area contributed by atoms with E-state index in [9.17, 15) is 0 Å². The molecule has 0 saturated carbocycles. The van der Waals surface area contributed by atoms with Crippen LogP contribution in [0.15, 0.2) is 0 Å². The minimum Gasteiger partial charge on any atom is -0.329 e. The first-order chi connectivity index (χ1) is 4.57. The molecule has 0 aliphatic carbocycles. The fourth-order valence-electron chi connectivity index (χ4n) is 0.814. The smallest absolute Gasteiger partial charge is 0.0187 e. The SMILES string of the molecule is CC(N)CN(C)C(C)CN. The maximum atomic E-state index is 5.60. The van der Waals surface area contributed by atoms with Crippen LogP contribution in [-0.4, -0.2) is 37.1 Å². The van der Waals surface area contributed by atoms with Crippen LogP contribution in [0.1, 0.15) is 13.8 Å². The van der Waals surface area contributed by atoms with Gasteiger partial charge in [0.05, 0.1) is 0 Å². The van der Waals surface area contributed by atoms with Crippen LogP contribution in [0.2, 0.25) is 0 Å². The summed E-state index contributed by atoms with van der Waals surface area (Å²) in [6, 6.07) is 0.671. The Kier molecular flexibility index (Phi) is 4.60. The molecule has 0 fully saturated rings. The van der Waals surface area contributed by atoms with Crippen molar-refractivity contribution in [2.24, 2.45) is 11.5 Å². The first kappa shape index (κ1) is 9.88. The van der Waals surface area contributed by atoms with Crippen LogP contribution in [0.25, 0.3) is 0 Å². The van der Waals surface area contributed by atoms with Gasteiger partial charge in [0.2, 0.25) is 0 Å². The molecule has 0 aromatic rings. The summed E-state index contributed by atoms with van der Waals surface area (Å²) in [4.78, 5) is 2.17. The zero-order valence-electron chi connectivity index (χ0n) is 7.17. The van der Waals surface area contributed by atoms with E-state index in [1.807, 2.05) is 14.0 Å². The fraction of sp³-hybridized carbons (Fsp3) is 1.00. The summed E-state index contributed by atoms with van der Waals surface area (Å²) in [5.41, 5.74) is 11.1. The zero-order valence-corrected chi connectivity index (χ0v) is 7.17. The highest BCUT2D eigenvalue weighted by Gasteiger charge is 2.07. The third kappa shape index (κ3) is 3.82. The molecule has 3 heteroatoms. The van der Waals surface area contributed by atoms with Gasteiger partial charge in [-0.15, -0.1) is 0 Å². The molecule has 0 aliphatic rings. The molecule has 0 amide bonds. The zero-order chi connectivity index (χ0) is 8.15. The van der Waals surface area contributed by atoms with Gasteiger partial charge in [0.1, 0.15) is 0 Å². The molecule has 2 atom stereocenters. The van der Waals surface area contributed by atoms with Gasteiger partial charge in [-0.3, -0.25) is 0 Å². The first-order valence-electron chi connectivity index (χ1n) is 3.73. The van der Waals surface area contributed by atoms with Crippen LogP contribution >= 0.6 is 0 Å². The Morgan fingerprint density at radius 2 is 1.90 bits per heavy atom. The molecule has 2 unspecified atom stereocenters. The number of likely N-dealkylation sites (N-methyl/N-ethyl adjacent to an activating group) is 1. The predicted molar refractivity (Wildman–Crippen MR) is 44.8 cm³/mol. The fourth-order valence-corrected chi connectivity index (χ4v) is 0.814. The van der Waals surface area contributed by atoms with E-state index in [0.717, 1.165) is 6.54 Å². The second kappa shape index (κ2) is 4.66. The summed E-state index contributed by atoms with van der Waals surface area (Å²) in [7, 11) is 2.04. The lowest BCUT2D eigenvalue weighted by molar-refractivity contribution is 0.251. The van der Waals surface area contributed by atoms with E-state index in [2.05, 4.69) is 11.8 Å². The molecule has 0 aromatic carbocycles. The summed E-state index contributed by atoms with van der Waals surface area (Å²) in [6.07, 6.45) is 0. The standard InChI is InChI=1S/C7H19N3/c1-6(9)5-10(3)7(2)4-8/h6-7H,4-5,8-9H2,1-3H3.